The Hall–Kier alpha value is -2.07. The van der Waals surface area contributed by atoms with Crippen molar-refractivity contribution in [3.05, 3.63) is 48.6 Å². The second kappa shape index (κ2) is 45.9. The number of carbonyl (C=O) groups is 2. The number of ether oxygens (including phenoxy) is 2. The van der Waals surface area contributed by atoms with Crippen LogP contribution in [0.5, 0.6) is 0 Å². The summed E-state index contributed by atoms with van der Waals surface area (Å²) in [5, 5.41) is 18.4. The molecule has 0 saturated heterocycles. The monoisotopic (exact) mass is 883 g/mol. The van der Waals surface area contributed by atoms with E-state index in [4.69, 9.17) is 23.6 Å². The molecule has 1 unspecified atom stereocenters. The smallest absolute Gasteiger partial charge is 0.462 e. The van der Waals surface area contributed by atoms with Gasteiger partial charge in [-0.15, -0.1) is 0 Å². The van der Waals surface area contributed by atoms with Gasteiger partial charge in [0.1, 0.15) is 12.7 Å². The minimum absolute atomic E-state index is 0.158. The average Bonchev–Trinajstić information content (AvgIpc) is 3.25. The van der Waals surface area contributed by atoms with Gasteiger partial charge in [0.25, 0.3) is 0 Å². The van der Waals surface area contributed by atoms with E-state index < -0.39 is 51.8 Å². The Morgan fingerprint density at radius 3 is 1.36 bits per heavy atom. The molecule has 0 aliphatic rings. The van der Waals surface area contributed by atoms with Crippen molar-refractivity contribution in [1.29, 1.82) is 0 Å². The van der Waals surface area contributed by atoms with Gasteiger partial charge >= 0.3 is 19.8 Å². The number of phosphoric acid groups is 1. The summed E-state index contributed by atoms with van der Waals surface area (Å²) in [5.74, 6) is -0.945. The topological polar surface area (TPSA) is 149 Å². The summed E-state index contributed by atoms with van der Waals surface area (Å²) in [7, 11) is -4.63. The van der Waals surface area contributed by atoms with Crippen LogP contribution in [0.1, 0.15) is 219 Å². The summed E-state index contributed by atoms with van der Waals surface area (Å²) in [6.07, 6.45) is 50.9. The second-order valence-electron chi connectivity index (χ2n) is 16.6. The molecule has 10 nitrogen and oxygen atoms in total. The van der Waals surface area contributed by atoms with E-state index in [2.05, 4.69) is 26.0 Å². The van der Waals surface area contributed by atoms with Gasteiger partial charge in [0, 0.05) is 12.8 Å². The van der Waals surface area contributed by atoms with Crippen LogP contribution in [0.4, 0.5) is 0 Å². The van der Waals surface area contributed by atoms with E-state index in [1.54, 1.807) is 0 Å². The van der Waals surface area contributed by atoms with Crippen molar-refractivity contribution in [3.63, 3.8) is 0 Å². The fourth-order valence-electron chi connectivity index (χ4n) is 6.83. The maximum atomic E-state index is 12.6. The van der Waals surface area contributed by atoms with E-state index in [1.165, 1.54) is 122 Å². The number of hydrogen-bond donors (Lipinski definition) is 3. The molecule has 0 amide bonds. The zero-order valence-corrected chi connectivity index (χ0v) is 39.8. The SMILES string of the molecule is CC/C=C/C=C/C=C/C=C/CCCCCCCC(=O)O[C@@H](COC(=O)CCCCCCCCCCCCCCCCCCCCCCCCC)COP(=O)(O)OC[C@H](O)CO. The van der Waals surface area contributed by atoms with Gasteiger partial charge in [-0.25, -0.2) is 4.57 Å². The molecule has 0 aromatic carbocycles. The van der Waals surface area contributed by atoms with E-state index in [-0.39, 0.29) is 19.4 Å². The first-order valence-corrected chi connectivity index (χ1v) is 26.1. The Morgan fingerprint density at radius 1 is 0.508 bits per heavy atom. The number of phosphoric ester groups is 1. The summed E-state index contributed by atoms with van der Waals surface area (Å²) in [4.78, 5) is 35.1. The van der Waals surface area contributed by atoms with Gasteiger partial charge in [-0.1, -0.05) is 223 Å². The first-order chi connectivity index (χ1) is 29.7. The molecule has 0 rings (SSSR count). The molecule has 0 spiro atoms. The first-order valence-electron chi connectivity index (χ1n) is 24.6. The van der Waals surface area contributed by atoms with Crippen LogP contribution < -0.4 is 0 Å². The average molecular weight is 883 g/mol. The highest BCUT2D eigenvalue weighted by Gasteiger charge is 2.27. The summed E-state index contributed by atoms with van der Waals surface area (Å²) in [5.41, 5.74) is 0. The molecule has 3 atom stereocenters. The fourth-order valence-corrected chi connectivity index (χ4v) is 7.62. The molecule has 0 radical (unpaired) electrons. The quantitative estimate of drug-likeness (QED) is 0.0233. The number of allylic oxidation sites excluding steroid dienone is 8. The molecule has 0 aliphatic heterocycles. The Labute approximate surface area is 373 Å². The van der Waals surface area contributed by atoms with Crippen LogP contribution in [0.2, 0.25) is 0 Å². The van der Waals surface area contributed by atoms with E-state index in [9.17, 15) is 24.2 Å². The highest BCUT2D eigenvalue weighted by Crippen LogP contribution is 2.43. The van der Waals surface area contributed by atoms with Gasteiger partial charge in [-0.05, 0) is 32.1 Å². The summed E-state index contributed by atoms with van der Waals surface area (Å²) < 4.78 is 32.8. The molecule has 0 saturated carbocycles. The fraction of sp³-hybridized carbons (Fsp3) is 0.800. The number of hydrogen-bond acceptors (Lipinski definition) is 9. The maximum absolute atomic E-state index is 12.6. The number of unbranched alkanes of at least 4 members (excludes halogenated alkanes) is 27. The van der Waals surface area contributed by atoms with Crippen LogP contribution >= 0.6 is 7.82 Å². The van der Waals surface area contributed by atoms with Crippen molar-refractivity contribution in [2.45, 2.75) is 232 Å². The van der Waals surface area contributed by atoms with Crippen LogP contribution in [-0.4, -0.2) is 65.7 Å². The lowest BCUT2D eigenvalue weighted by atomic mass is 10.0. The molecule has 0 heterocycles. The minimum Gasteiger partial charge on any atom is -0.462 e. The van der Waals surface area contributed by atoms with Crippen LogP contribution in [0.25, 0.3) is 0 Å². The van der Waals surface area contributed by atoms with Gasteiger partial charge in [0.05, 0.1) is 19.8 Å². The molecule has 356 valence electrons. The first kappa shape index (κ1) is 58.9. The standard InChI is InChI=1S/C50H91O10P/c1-3-5-7-9-11-13-15-17-19-20-21-22-23-24-25-26-28-29-31-33-35-37-39-41-49(53)57-45-48(46-59-61(55,56)58-44-47(52)43-51)60-50(54)42-40-38-36-34-32-30-27-18-16-14-12-10-8-6-4-2/h6,8,10,12,14,16,18,27,47-48,51-52H,3-5,7,9,11,13,15,17,19-26,28-46H2,1-2H3,(H,55,56)/b8-6+,12-10+,16-14+,27-18+/t47-,48+/m1/s1. The van der Waals surface area contributed by atoms with Gasteiger partial charge in [-0.2, -0.15) is 0 Å². The summed E-state index contributed by atoms with van der Waals surface area (Å²) in [6.45, 7) is 2.24. The van der Waals surface area contributed by atoms with Gasteiger partial charge in [0.2, 0.25) is 0 Å². The molecule has 3 N–H and O–H groups in total. The van der Waals surface area contributed by atoms with Gasteiger partial charge in [0.15, 0.2) is 6.10 Å². The number of aliphatic hydroxyl groups excluding tert-OH is 2. The molecule has 0 aliphatic carbocycles. The third kappa shape index (κ3) is 45.8. The molecule has 0 bridgehead atoms. The zero-order valence-electron chi connectivity index (χ0n) is 38.9. The lowest BCUT2D eigenvalue weighted by Crippen LogP contribution is -2.29. The Morgan fingerprint density at radius 2 is 0.902 bits per heavy atom. The van der Waals surface area contributed by atoms with Gasteiger partial charge < -0.3 is 24.6 Å². The summed E-state index contributed by atoms with van der Waals surface area (Å²) in [6, 6.07) is 0. The predicted molar refractivity (Wildman–Crippen MR) is 251 cm³/mol. The van der Waals surface area contributed by atoms with E-state index in [1.807, 2.05) is 36.5 Å². The molecule has 0 aromatic heterocycles. The molecule has 11 heteroatoms. The Kier molecular flexibility index (Phi) is 44.4. The number of carbonyl (C=O) groups excluding carboxylic acids is 2. The third-order valence-corrected chi connectivity index (χ3v) is 11.5. The predicted octanol–water partition coefficient (Wildman–Crippen LogP) is 13.7. The number of rotatable bonds is 46. The second-order valence-corrected chi connectivity index (χ2v) is 18.0. The van der Waals surface area contributed by atoms with Crippen molar-refractivity contribution in [2.24, 2.45) is 0 Å². The summed E-state index contributed by atoms with van der Waals surface area (Å²) >= 11 is 0. The van der Waals surface area contributed by atoms with Crippen molar-refractivity contribution in [3.8, 4) is 0 Å². The molecule has 0 fully saturated rings. The van der Waals surface area contributed by atoms with E-state index in [0.717, 1.165) is 57.8 Å². The van der Waals surface area contributed by atoms with Crippen molar-refractivity contribution in [2.75, 3.05) is 26.4 Å². The number of aliphatic hydroxyl groups is 2. The van der Waals surface area contributed by atoms with Crippen molar-refractivity contribution >= 4 is 19.8 Å². The van der Waals surface area contributed by atoms with E-state index >= 15 is 0 Å². The largest absolute Gasteiger partial charge is 0.472 e. The highest BCUT2D eigenvalue weighted by molar-refractivity contribution is 7.47. The van der Waals surface area contributed by atoms with Crippen LogP contribution in [-0.2, 0) is 32.7 Å². The van der Waals surface area contributed by atoms with Crippen LogP contribution in [0, 0.1) is 0 Å². The normalized spacial score (nSPS) is 14.1. The molecule has 61 heavy (non-hydrogen) atoms. The molecular formula is C50H91O10P. The van der Waals surface area contributed by atoms with E-state index in [0.29, 0.717) is 12.8 Å². The molecular weight excluding hydrogens is 792 g/mol. The number of esters is 2. The van der Waals surface area contributed by atoms with Crippen molar-refractivity contribution < 1.29 is 47.8 Å². The lowest BCUT2D eigenvalue weighted by Gasteiger charge is -2.20. The van der Waals surface area contributed by atoms with Crippen LogP contribution in [0.3, 0.4) is 0 Å². The Balaban J connectivity index is 4.15. The van der Waals surface area contributed by atoms with Gasteiger partial charge in [-0.3, -0.25) is 18.6 Å². The van der Waals surface area contributed by atoms with Crippen molar-refractivity contribution in [1.82, 2.24) is 0 Å². The zero-order chi connectivity index (χ0) is 44.8. The Bertz CT molecular complexity index is 1150. The maximum Gasteiger partial charge on any atom is 0.472 e. The minimum atomic E-state index is -4.63. The third-order valence-electron chi connectivity index (χ3n) is 10.6. The lowest BCUT2D eigenvalue weighted by molar-refractivity contribution is -0.161. The highest BCUT2D eigenvalue weighted by atomic mass is 31.2. The molecule has 0 aromatic rings. The van der Waals surface area contributed by atoms with Crippen LogP contribution in [0.15, 0.2) is 48.6 Å².